The van der Waals surface area contributed by atoms with Crippen LogP contribution in [0.4, 0.5) is 0 Å². The predicted octanol–water partition coefficient (Wildman–Crippen LogP) is -0.514. The normalized spacial score (nSPS) is 9.44. The Morgan fingerprint density at radius 1 is 1.78 bits per heavy atom. The largest absolute Gasteiger partial charge is 0.493 e. The highest BCUT2D eigenvalue weighted by atomic mass is 16.3. The third kappa shape index (κ3) is 1.07. The molecule has 9 heavy (non-hydrogen) atoms. The topological polar surface area (TPSA) is 55.1 Å². The van der Waals surface area contributed by atoms with E-state index in [1.165, 1.54) is 16.8 Å². The molecule has 1 aromatic heterocycles. The van der Waals surface area contributed by atoms with E-state index < -0.39 is 5.69 Å². The molecule has 1 rings (SSSR count). The molecule has 0 aliphatic rings. The van der Waals surface area contributed by atoms with Crippen LogP contribution in [0.2, 0.25) is 0 Å². The summed E-state index contributed by atoms with van der Waals surface area (Å²) in [5.41, 5.74) is -0.449. The van der Waals surface area contributed by atoms with E-state index in [4.69, 9.17) is 5.11 Å². The average molecular weight is 126 g/mol. The summed E-state index contributed by atoms with van der Waals surface area (Å²) in [6.45, 7) is 0. The van der Waals surface area contributed by atoms with Crippen LogP contribution in [-0.2, 0) is 7.05 Å². The highest BCUT2D eigenvalue weighted by Gasteiger charge is 1.90. The number of hydrogen-bond donors (Lipinski definition) is 1. The highest BCUT2D eigenvalue weighted by molar-refractivity contribution is 5.02. The quantitative estimate of drug-likeness (QED) is 0.509. The standard InChI is InChI=1S/C5H6N2O2/c1-7-3-2-4(8)6-5(7)9/h2-3H,1H3,(H,6,8,9). The fourth-order valence-electron chi connectivity index (χ4n) is 0.456. The van der Waals surface area contributed by atoms with E-state index in [1.807, 2.05) is 0 Å². The molecule has 1 heterocycles. The lowest BCUT2D eigenvalue weighted by atomic mass is 10.6. The molecule has 1 N–H and O–H groups in total. The lowest BCUT2D eigenvalue weighted by Gasteiger charge is -1.92. The van der Waals surface area contributed by atoms with Crippen molar-refractivity contribution < 1.29 is 5.11 Å². The number of aromatic nitrogens is 2. The van der Waals surface area contributed by atoms with Crippen molar-refractivity contribution in [1.29, 1.82) is 0 Å². The highest BCUT2D eigenvalue weighted by Crippen LogP contribution is 1.93. The monoisotopic (exact) mass is 126 g/mol. The lowest BCUT2D eigenvalue weighted by molar-refractivity contribution is 0.446. The smallest absolute Gasteiger partial charge is 0.350 e. The zero-order valence-electron chi connectivity index (χ0n) is 4.90. The zero-order chi connectivity index (χ0) is 6.85. The van der Waals surface area contributed by atoms with Crippen molar-refractivity contribution in [2.45, 2.75) is 0 Å². The Kier molecular flexibility index (Phi) is 1.22. The summed E-state index contributed by atoms with van der Waals surface area (Å²) < 4.78 is 1.28. The van der Waals surface area contributed by atoms with E-state index >= 15 is 0 Å². The molecule has 0 unspecified atom stereocenters. The van der Waals surface area contributed by atoms with E-state index in [-0.39, 0.29) is 5.88 Å². The second kappa shape index (κ2) is 1.89. The van der Waals surface area contributed by atoms with Crippen LogP contribution in [0, 0.1) is 0 Å². The molecule has 48 valence electrons. The third-order valence-electron chi connectivity index (χ3n) is 0.959. The van der Waals surface area contributed by atoms with Gasteiger partial charge in [0.2, 0.25) is 5.88 Å². The van der Waals surface area contributed by atoms with Gasteiger partial charge >= 0.3 is 5.69 Å². The van der Waals surface area contributed by atoms with Crippen LogP contribution >= 0.6 is 0 Å². The first-order chi connectivity index (χ1) is 4.20. The summed E-state index contributed by atoms with van der Waals surface area (Å²) in [5.74, 6) is -0.238. The summed E-state index contributed by atoms with van der Waals surface area (Å²) >= 11 is 0. The number of rotatable bonds is 0. The van der Waals surface area contributed by atoms with Gasteiger partial charge in [-0.15, -0.1) is 0 Å². The van der Waals surface area contributed by atoms with E-state index in [0.29, 0.717) is 0 Å². The van der Waals surface area contributed by atoms with Crippen molar-refractivity contribution in [1.82, 2.24) is 9.55 Å². The van der Waals surface area contributed by atoms with E-state index in [1.54, 1.807) is 7.05 Å². The molecule has 0 aliphatic carbocycles. The average Bonchev–Trinajstić information content (AvgIpc) is 1.80. The van der Waals surface area contributed by atoms with Gasteiger partial charge in [0.25, 0.3) is 0 Å². The number of aryl methyl sites for hydroxylation is 1. The van der Waals surface area contributed by atoms with Crippen LogP contribution in [0.1, 0.15) is 0 Å². The molecular formula is C5H6N2O2. The Labute approximate surface area is 51.4 Å². The third-order valence-corrected chi connectivity index (χ3v) is 0.959. The first-order valence-electron chi connectivity index (χ1n) is 2.43. The summed E-state index contributed by atoms with van der Waals surface area (Å²) in [6, 6.07) is 1.35. The zero-order valence-corrected chi connectivity index (χ0v) is 4.90. The van der Waals surface area contributed by atoms with Crippen LogP contribution in [0.5, 0.6) is 5.88 Å². The van der Waals surface area contributed by atoms with Gasteiger partial charge in [-0.1, -0.05) is 0 Å². The van der Waals surface area contributed by atoms with Crippen LogP contribution < -0.4 is 5.69 Å². The minimum Gasteiger partial charge on any atom is -0.493 e. The first kappa shape index (κ1) is 5.81. The number of hydrogen-bond acceptors (Lipinski definition) is 3. The predicted molar refractivity (Wildman–Crippen MR) is 31.1 cm³/mol. The lowest BCUT2D eigenvalue weighted by Crippen LogP contribution is -2.17. The Balaban J connectivity index is 3.34. The SMILES string of the molecule is Cn1ccc(O)nc1=O. The van der Waals surface area contributed by atoms with Crippen molar-refractivity contribution in [3.8, 4) is 5.88 Å². The Hall–Kier alpha value is -1.32. The second-order valence-corrected chi connectivity index (χ2v) is 1.68. The number of nitrogens with zero attached hydrogens (tertiary/aromatic N) is 2. The molecule has 1 aromatic rings. The molecule has 0 saturated carbocycles. The number of aromatic hydroxyl groups is 1. The fraction of sp³-hybridized carbons (Fsp3) is 0.200. The molecule has 0 fully saturated rings. The minimum atomic E-state index is -0.449. The molecule has 0 saturated heterocycles. The summed E-state index contributed by atoms with van der Waals surface area (Å²) in [5, 5.41) is 8.61. The van der Waals surface area contributed by atoms with Gasteiger partial charge in [0.1, 0.15) is 0 Å². The fourth-order valence-corrected chi connectivity index (χ4v) is 0.456. The van der Waals surface area contributed by atoms with Crippen molar-refractivity contribution in [3.63, 3.8) is 0 Å². The summed E-state index contributed by atoms with van der Waals surface area (Å²) in [6.07, 6.45) is 1.45. The van der Waals surface area contributed by atoms with Gasteiger partial charge in [-0.05, 0) is 0 Å². The van der Waals surface area contributed by atoms with Gasteiger partial charge in [-0.3, -0.25) is 0 Å². The van der Waals surface area contributed by atoms with E-state index in [9.17, 15) is 4.79 Å². The maximum absolute atomic E-state index is 10.5. The first-order valence-corrected chi connectivity index (χ1v) is 2.43. The molecule has 0 amide bonds. The van der Waals surface area contributed by atoms with Gasteiger partial charge in [-0.25, -0.2) is 4.79 Å². The van der Waals surface area contributed by atoms with Crippen LogP contribution in [0.25, 0.3) is 0 Å². The van der Waals surface area contributed by atoms with Gasteiger partial charge in [0.15, 0.2) is 0 Å². The molecule has 4 nitrogen and oxygen atoms in total. The van der Waals surface area contributed by atoms with Gasteiger partial charge in [0.05, 0.1) is 0 Å². The van der Waals surface area contributed by atoms with Crippen LogP contribution in [-0.4, -0.2) is 14.7 Å². The molecule has 4 heteroatoms. The maximum atomic E-state index is 10.5. The Morgan fingerprint density at radius 3 is 2.89 bits per heavy atom. The Morgan fingerprint density at radius 2 is 2.44 bits per heavy atom. The van der Waals surface area contributed by atoms with Gasteiger partial charge in [0, 0.05) is 19.3 Å². The maximum Gasteiger partial charge on any atom is 0.350 e. The molecule has 0 aromatic carbocycles. The molecular weight excluding hydrogens is 120 g/mol. The van der Waals surface area contributed by atoms with Gasteiger partial charge < -0.3 is 9.67 Å². The van der Waals surface area contributed by atoms with Crippen LogP contribution in [0.3, 0.4) is 0 Å². The Bertz CT molecular complexity index is 266. The van der Waals surface area contributed by atoms with E-state index in [2.05, 4.69) is 4.98 Å². The summed E-state index contributed by atoms with van der Waals surface area (Å²) in [7, 11) is 1.56. The minimum absolute atomic E-state index is 0.238. The summed E-state index contributed by atoms with van der Waals surface area (Å²) in [4.78, 5) is 13.8. The molecule has 0 aliphatic heterocycles. The van der Waals surface area contributed by atoms with Gasteiger partial charge in [-0.2, -0.15) is 4.98 Å². The second-order valence-electron chi connectivity index (χ2n) is 1.68. The van der Waals surface area contributed by atoms with Crippen molar-refractivity contribution in [2.75, 3.05) is 0 Å². The molecule has 0 atom stereocenters. The molecule has 0 spiro atoms. The van der Waals surface area contributed by atoms with E-state index in [0.717, 1.165) is 0 Å². The van der Waals surface area contributed by atoms with Crippen molar-refractivity contribution >= 4 is 0 Å². The molecule has 0 radical (unpaired) electrons. The van der Waals surface area contributed by atoms with Crippen LogP contribution in [0.15, 0.2) is 17.1 Å². The molecule has 0 bridgehead atoms. The van der Waals surface area contributed by atoms with Crippen molar-refractivity contribution in [3.05, 3.63) is 22.7 Å². The van der Waals surface area contributed by atoms with Crippen molar-refractivity contribution in [2.24, 2.45) is 7.05 Å².